The molecule has 0 N–H and O–H groups in total. The van der Waals surface area contributed by atoms with Crippen LogP contribution in [-0.2, 0) is 0 Å². The van der Waals surface area contributed by atoms with Gasteiger partial charge in [0.1, 0.15) is 5.75 Å². The summed E-state index contributed by atoms with van der Waals surface area (Å²) in [7, 11) is 0. The Hall–Kier alpha value is -1.12. The number of ether oxygens (including phenoxy) is 1. The predicted octanol–water partition coefficient (Wildman–Crippen LogP) is 5.73. The lowest BCUT2D eigenvalue weighted by atomic mass is 10.1. The molecule has 2 aromatic rings. The average molecular weight is 321 g/mol. The largest absolute Gasteiger partial charge is 0.492 e. The minimum absolute atomic E-state index is 0.630. The SMILES string of the molecule is CC(CCS)CCOc1ccc(-c2ccccc2)cc1Cl. The highest BCUT2D eigenvalue weighted by Crippen LogP contribution is 2.30. The van der Waals surface area contributed by atoms with E-state index >= 15 is 0 Å². The van der Waals surface area contributed by atoms with Crippen molar-refractivity contribution in [3.8, 4) is 16.9 Å². The number of halogens is 1. The third kappa shape index (κ3) is 4.98. The van der Waals surface area contributed by atoms with Gasteiger partial charge in [-0.1, -0.05) is 54.9 Å². The van der Waals surface area contributed by atoms with Gasteiger partial charge in [-0.05, 0) is 47.8 Å². The molecule has 0 radical (unpaired) electrons. The predicted molar refractivity (Wildman–Crippen MR) is 94.6 cm³/mol. The summed E-state index contributed by atoms with van der Waals surface area (Å²) < 4.78 is 5.79. The van der Waals surface area contributed by atoms with Crippen LogP contribution in [0.3, 0.4) is 0 Å². The Morgan fingerprint density at radius 3 is 2.48 bits per heavy atom. The monoisotopic (exact) mass is 320 g/mol. The Bertz CT molecular complexity index is 556. The van der Waals surface area contributed by atoms with Crippen molar-refractivity contribution >= 4 is 24.2 Å². The van der Waals surface area contributed by atoms with Gasteiger partial charge < -0.3 is 4.74 Å². The topological polar surface area (TPSA) is 9.23 Å². The smallest absolute Gasteiger partial charge is 0.137 e. The molecule has 3 heteroatoms. The van der Waals surface area contributed by atoms with Crippen molar-refractivity contribution in [3.05, 3.63) is 53.6 Å². The molecule has 0 fully saturated rings. The summed E-state index contributed by atoms with van der Waals surface area (Å²) in [5.74, 6) is 2.31. The number of rotatable bonds is 7. The van der Waals surface area contributed by atoms with Crippen molar-refractivity contribution in [1.29, 1.82) is 0 Å². The van der Waals surface area contributed by atoms with Gasteiger partial charge >= 0.3 is 0 Å². The van der Waals surface area contributed by atoms with E-state index in [-0.39, 0.29) is 0 Å². The molecule has 1 atom stereocenters. The first-order valence-corrected chi connectivity index (χ1v) is 8.30. The summed E-state index contributed by atoms with van der Waals surface area (Å²) in [5.41, 5.74) is 2.27. The summed E-state index contributed by atoms with van der Waals surface area (Å²) in [6.45, 7) is 2.92. The zero-order valence-corrected chi connectivity index (χ0v) is 13.9. The number of hydrogen-bond donors (Lipinski definition) is 1. The van der Waals surface area contributed by atoms with Crippen molar-refractivity contribution < 1.29 is 4.74 Å². The molecular formula is C18H21ClOS. The summed E-state index contributed by atoms with van der Waals surface area (Å²) >= 11 is 10.6. The van der Waals surface area contributed by atoms with Crippen molar-refractivity contribution in [2.45, 2.75) is 19.8 Å². The van der Waals surface area contributed by atoms with Gasteiger partial charge in [0.25, 0.3) is 0 Å². The minimum atomic E-state index is 0.630. The minimum Gasteiger partial charge on any atom is -0.492 e. The van der Waals surface area contributed by atoms with E-state index in [4.69, 9.17) is 16.3 Å². The first kappa shape index (κ1) is 16.3. The molecule has 0 aliphatic heterocycles. The maximum absolute atomic E-state index is 6.32. The quantitative estimate of drug-likeness (QED) is 0.641. The molecular weight excluding hydrogens is 300 g/mol. The molecule has 2 aromatic carbocycles. The zero-order chi connectivity index (χ0) is 15.1. The van der Waals surface area contributed by atoms with Crippen molar-refractivity contribution in [3.63, 3.8) is 0 Å². The van der Waals surface area contributed by atoms with E-state index < -0.39 is 0 Å². The molecule has 1 nitrogen and oxygen atoms in total. The van der Waals surface area contributed by atoms with Crippen LogP contribution in [0.1, 0.15) is 19.8 Å². The zero-order valence-electron chi connectivity index (χ0n) is 12.3. The van der Waals surface area contributed by atoms with Gasteiger partial charge in [0.05, 0.1) is 11.6 Å². The van der Waals surface area contributed by atoms with Crippen LogP contribution < -0.4 is 4.74 Å². The molecule has 0 aromatic heterocycles. The van der Waals surface area contributed by atoms with Crippen LogP contribution in [0.25, 0.3) is 11.1 Å². The Kier molecular flexibility index (Phi) is 6.47. The fourth-order valence-electron chi connectivity index (χ4n) is 2.16. The van der Waals surface area contributed by atoms with E-state index in [1.54, 1.807) is 0 Å². The van der Waals surface area contributed by atoms with Gasteiger partial charge in [0.2, 0.25) is 0 Å². The summed E-state index contributed by atoms with van der Waals surface area (Å²) in [6.07, 6.45) is 2.14. The van der Waals surface area contributed by atoms with Crippen LogP contribution in [-0.4, -0.2) is 12.4 Å². The highest BCUT2D eigenvalue weighted by Gasteiger charge is 2.06. The molecule has 0 aliphatic rings. The third-order valence-corrected chi connectivity index (χ3v) is 4.08. The second-order valence-corrected chi connectivity index (χ2v) is 6.12. The molecule has 0 amide bonds. The molecule has 0 spiro atoms. The number of benzene rings is 2. The first-order valence-electron chi connectivity index (χ1n) is 7.29. The Morgan fingerprint density at radius 1 is 1.05 bits per heavy atom. The molecule has 1 unspecified atom stereocenters. The van der Waals surface area contributed by atoms with Gasteiger partial charge in [-0.2, -0.15) is 12.6 Å². The van der Waals surface area contributed by atoms with E-state index in [1.165, 1.54) is 0 Å². The molecule has 0 heterocycles. The number of thiol groups is 1. The van der Waals surface area contributed by atoms with Crippen LogP contribution in [0, 0.1) is 5.92 Å². The van der Waals surface area contributed by atoms with E-state index in [9.17, 15) is 0 Å². The molecule has 112 valence electrons. The van der Waals surface area contributed by atoms with Gasteiger partial charge in [-0.15, -0.1) is 0 Å². The van der Waals surface area contributed by atoms with E-state index in [0.29, 0.717) is 17.5 Å². The van der Waals surface area contributed by atoms with E-state index in [0.717, 1.165) is 35.5 Å². The lowest BCUT2D eigenvalue weighted by Gasteiger charge is -2.12. The molecule has 21 heavy (non-hydrogen) atoms. The van der Waals surface area contributed by atoms with Crippen LogP contribution in [0.2, 0.25) is 5.02 Å². The van der Waals surface area contributed by atoms with E-state index in [1.807, 2.05) is 36.4 Å². The van der Waals surface area contributed by atoms with Crippen molar-refractivity contribution in [2.24, 2.45) is 5.92 Å². The Labute approximate surface area is 137 Å². The Morgan fingerprint density at radius 2 is 1.81 bits per heavy atom. The highest BCUT2D eigenvalue weighted by atomic mass is 35.5. The van der Waals surface area contributed by atoms with Gasteiger partial charge in [0.15, 0.2) is 0 Å². The van der Waals surface area contributed by atoms with Crippen molar-refractivity contribution in [1.82, 2.24) is 0 Å². The third-order valence-electron chi connectivity index (χ3n) is 3.53. The second kappa shape index (κ2) is 8.35. The lowest BCUT2D eigenvalue weighted by molar-refractivity contribution is 0.282. The molecule has 0 bridgehead atoms. The Balaban J connectivity index is 1.97. The van der Waals surface area contributed by atoms with E-state index in [2.05, 4.69) is 31.7 Å². The number of hydrogen-bond acceptors (Lipinski definition) is 2. The summed E-state index contributed by atoms with van der Waals surface area (Å²) in [6, 6.07) is 16.2. The average Bonchev–Trinajstić information content (AvgIpc) is 2.50. The lowest BCUT2D eigenvalue weighted by Crippen LogP contribution is -2.05. The fourth-order valence-corrected chi connectivity index (χ4v) is 2.84. The maximum Gasteiger partial charge on any atom is 0.137 e. The standard InChI is InChI=1S/C18H21ClOS/c1-14(10-12-21)9-11-20-18-8-7-16(13-17(18)19)15-5-3-2-4-6-15/h2-8,13-14,21H,9-12H2,1H3. The maximum atomic E-state index is 6.32. The second-order valence-electron chi connectivity index (χ2n) is 5.27. The van der Waals surface area contributed by atoms with Gasteiger partial charge in [0, 0.05) is 0 Å². The van der Waals surface area contributed by atoms with Crippen molar-refractivity contribution in [2.75, 3.05) is 12.4 Å². The van der Waals surface area contributed by atoms with Crippen LogP contribution in [0.4, 0.5) is 0 Å². The summed E-state index contributed by atoms with van der Waals surface area (Å²) in [5, 5.41) is 0.665. The molecule has 2 rings (SSSR count). The first-order chi connectivity index (χ1) is 10.2. The summed E-state index contributed by atoms with van der Waals surface area (Å²) in [4.78, 5) is 0. The molecule has 0 saturated heterocycles. The fraction of sp³-hybridized carbons (Fsp3) is 0.333. The normalized spacial score (nSPS) is 12.1. The molecule has 0 saturated carbocycles. The van der Waals surface area contributed by atoms with Crippen LogP contribution >= 0.6 is 24.2 Å². The van der Waals surface area contributed by atoms with Gasteiger partial charge in [-0.3, -0.25) is 0 Å². The highest BCUT2D eigenvalue weighted by molar-refractivity contribution is 7.80. The van der Waals surface area contributed by atoms with Gasteiger partial charge in [-0.25, -0.2) is 0 Å². The van der Waals surface area contributed by atoms with Crippen LogP contribution in [0.5, 0.6) is 5.75 Å². The van der Waals surface area contributed by atoms with Crippen LogP contribution in [0.15, 0.2) is 48.5 Å². The molecule has 0 aliphatic carbocycles.